The molecule has 0 spiro atoms. The molecular weight excluding hydrogens is 218 g/mol. The van der Waals surface area contributed by atoms with E-state index in [2.05, 4.69) is 15.6 Å². The van der Waals surface area contributed by atoms with Gasteiger partial charge in [-0.15, -0.1) is 0 Å². The molecule has 0 aliphatic rings. The lowest BCUT2D eigenvalue weighted by atomic mass is 10.3. The van der Waals surface area contributed by atoms with Crippen molar-refractivity contribution in [3.8, 4) is 0 Å². The molecule has 0 aliphatic carbocycles. The highest BCUT2D eigenvalue weighted by Crippen LogP contribution is 1.99. The van der Waals surface area contributed by atoms with Crippen molar-refractivity contribution in [3.63, 3.8) is 0 Å². The van der Waals surface area contributed by atoms with Crippen molar-refractivity contribution < 1.29 is 9.15 Å². The van der Waals surface area contributed by atoms with Gasteiger partial charge in [-0.3, -0.25) is 4.99 Å². The van der Waals surface area contributed by atoms with Gasteiger partial charge in [0, 0.05) is 33.2 Å². The summed E-state index contributed by atoms with van der Waals surface area (Å²) in [5, 5.41) is 6.38. The van der Waals surface area contributed by atoms with E-state index in [9.17, 15) is 0 Å². The number of guanidine groups is 1. The predicted molar refractivity (Wildman–Crippen MR) is 68.3 cm³/mol. The van der Waals surface area contributed by atoms with Crippen LogP contribution in [0.4, 0.5) is 0 Å². The molecule has 5 heteroatoms. The van der Waals surface area contributed by atoms with Gasteiger partial charge < -0.3 is 19.8 Å². The van der Waals surface area contributed by atoms with Crippen molar-refractivity contribution in [1.29, 1.82) is 0 Å². The van der Waals surface area contributed by atoms with Crippen LogP contribution in [0, 0.1) is 0 Å². The Balaban J connectivity index is 2.10. The Morgan fingerprint density at radius 3 is 2.88 bits per heavy atom. The smallest absolute Gasteiger partial charge is 0.191 e. The Morgan fingerprint density at radius 1 is 1.41 bits per heavy atom. The lowest BCUT2D eigenvalue weighted by Gasteiger charge is -2.11. The van der Waals surface area contributed by atoms with Crippen LogP contribution in [-0.4, -0.2) is 39.3 Å². The zero-order valence-corrected chi connectivity index (χ0v) is 10.5. The van der Waals surface area contributed by atoms with Gasteiger partial charge in [0.2, 0.25) is 0 Å². The quantitative estimate of drug-likeness (QED) is 0.424. The van der Waals surface area contributed by atoms with E-state index >= 15 is 0 Å². The summed E-state index contributed by atoms with van der Waals surface area (Å²) in [4.78, 5) is 4.11. The van der Waals surface area contributed by atoms with Gasteiger partial charge in [0.25, 0.3) is 0 Å². The Labute approximate surface area is 102 Å². The van der Waals surface area contributed by atoms with E-state index in [-0.39, 0.29) is 0 Å². The second-order valence-corrected chi connectivity index (χ2v) is 3.45. The first kappa shape index (κ1) is 13.6. The highest BCUT2D eigenvalue weighted by molar-refractivity contribution is 5.79. The molecule has 0 aliphatic heterocycles. The summed E-state index contributed by atoms with van der Waals surface area (Å²) >= 11 is 0. The molecule has 0 fully saturated rings. The fourth-order valence-electron chi connectivity index (χ4n) is 1.37. The molecule has 0 amide bonds. The molecular formula is C12H21N3O2. The van der Waals surface area contributed by atoms with Crippen LogP contribution in [0.25, 0.3) is 0 Å². The topological polar surface area (TPSA) is 58.8 Å². The number of rotatable bonds is 7. The van der Waals surface area contributed by atoms with E-state index in [0.29, 0.717) is 6.61 Å². The van der Waals surface area contributed by atoms with Gasteiger partial charge in [0.15, 0.2) is 5.96 Å². The normalized spacial score (nSPS) is 11.5. The van der Waals surface area contributed by atoms with E-state index in [1.54, 1.807) is 13.3 Å². The Hall–Kier alpha value is -1.49. The van der Waals surface area contributed by atoms with Crippen LogP contribution in [0.15, 0.2) is 27.8 Å². The monoisotopic (exact) mass is 239 g/mol. The molecule has 1 aromatic heterocycles. The van der Waals surface area contributed by atoms with Crippen LogP contribution in [0.5, 0.6) is 0 Å². The van der Waals surface area contributed by atoms with Crippen LogP contribution < -0.4 is 10.6 Å². The Kier molecular flexibility index (Phi) is 6.90. The molecule has 96 valence electrons. The van der Waals surface area contributed by atoms with E-state index in [0.717, 1.165) is 37.8 Å². The minimum absolute atomic E-state index is 0.690. The number of nitrogens with zero attached hydrogens (tertiary/aromatic N) is 1. The summed E-state index contributed by atoms with van der Waals surface area (Å²) in [5.41, 5.74) is 0. The standard InChI is InChI=1S/C12H21N3O2/c1-3-16-10-8-15-12(13-2)14-7-6-11-5-4-9-17-11/h4-5,9H,3,6-8,10H2,1-2H3,(H2,13,14,15). The van der Waals surface area contributed by atoms with Gasteiger partial charge in [-0.05, 0) is 19.1 Å². The first-order valence-electron chi connectivity index (χ1n) is 5.91. The molecule has 0 unspecified atom stereocenters. The van der Waals surface area contributed by atoms with E-state index in [1.165, 1.54) is 0 Å². The molecule has 5 nitrogen and oxygen atoms in total. The minimum atomic E-state index is 0.690. The van der Waals surface area contributed by atoms with E-state index in [4.69, 9.17) is 9.15 Å². The van der Waals surface area contributed by atoms with Gasteiger partial charge in [-0.1, -0.05) is 0 Å². The summed E-state index contributed by atoms with van der Waals surface area (Å²) in [6, 6.07) is 3.86. The highest BCUT2D eigenvalue weighted by Gasteiger charge is 1.98. The number of furan rings is 1. The van der Waals surface area contributed by atoms with Crippen LogP contribution in [0.1, 0.15) is 12.7 Å². The average Bonchev–Trinajstić information content (AvgIpc) is 2.85. The molecule has 0 radical (unpaired) electrons. The highest BCUT2D eigenvalue weighted by atomic mass is 16.5. The van der Waals surface area contributed by atoms with Crippen LogP contribution >= 0.6 is 0 Å². The molecule has 1 rings (SSSR count). The number of hydrogen-bond donors (Lipinski definition) is 2. The maximum atomic E-state index is 5.24. The summed E-state index contributed by atoms with van der Waals surface area (Å²) in [7, 11) is 1.75. The van der Waals surface area contributed by atoms with Crippen molar-refractivity contribution in [3.05, 3.63) is 24.2 Å². The van der Waals surface area contributed by atoms with Gasteiger partial charge in [-0.25, -0.2) is 0 Å². The number of hydrogen-bond acceptors (Lipinski definition) is 3. The molecule has 1 heterocycles. The summed E-state index contributed by atoms with van der Waals surface area (Å²) in [6.07, 6.45) is 2.53. The third kappa shape index (κ3) is 5.97. The Bertz CT molecular complexity index is 310. The predicted octanol–water partition coefficient (Wildman–Crippen LogP) is 1.02. The van der Waals surface area contributed by atoms with Gasteiger partial charge >= 0.3 is 0 Å². The molecule has 0 bridgehead atoms. The molecule has 17 heavy (non-hydrogen) atoms. The van der Waals surface area contributed by atoms with Crippen molar-refractivity contribution in [2.24, 2.45) is 4.99 Å². The zero-order valence-electron chi connectivity index (χ0n) is 10.5. The number of aliphatic imine (C=N–C) groups is 1. The fourth-order valence-corrected chi connectivity index (χ4v) is 1.37. The lowest BCUT2D eigenvalue weighted by Crippen LogP contribution is -2.39. The third-order valence-electron chi connectivity index (χ3n) is 2.21. The molecule has 0 aromatic carbocycles. The third-order valence-corrected chi connectivity index (χ3v) is 2.21. The van der Waals surface area contributed by atoms with Crippen molar-refractivity contribution in [2.45, 2.75) is 13.3 Å². The van der Waals surface area contributed by atoms with Gasteiger partial charge in [0.1, 0.15) is 5.76 Å². The van der Waals surface area contributed by atoms with E-state index in [1.807, 2.05) is 19.1 Å². The van der Waals surface area contributed by atoms with Crippen LogP contribution in [0.3, 0.4) is 0 Å². The zero-order chi connectivity index (χ0) is 12.3. The molecule has 0 saturated carbocycles. The molecule has 1 aromatic rings. The first-order valence-corrected chi connectivity index (χ1v) is 5.91. The second kappa shape index (κ2) is 8.64. The Morgan fingerprint density at radius 2 is 2.24 bits per heavy atom. The number of nitrogens with one attached hydrogen (secondary N) is 2. The molecule has 0 saturated heterocycles. The minimum Gasteiger partial charge on any atom is -0.469 e. The van der Waals surface area contributed by atoms with Crippen LogP contribution in [0.2, 0.25) is 0 Å². The van der Waals surface area contributed by atoms with E-state index < -0.39 is 0 Å². The molecule has 0 atom stereocenters. The lowest BCUT2D eigenvalue weighted by molar-refractivity contribution is 0.152. The van der Waals surface area contributed by atoms with Crippen molar-refractivity contribution in [2.75, 3.05) is 33.4 Å². The van der Waals surface area contributed by atoms with Crippen LogP contribution in [-0.2, 0) is 11.2 Å². The van der Waals surface area contributed by atoms with Gasteiger partial charge in [-0.2, -0.15) is 0 Å². The average molecular weight is 239 g/mol. The summed E-state index contributed by atoms with van der Waals surface area (Å²) in [5.74, 6) is 1.76. The first-order chi connectivity index (χ1) is 8.36. The van der Waals surface area contributed by atoms with Gasteiger partial charge in [0.05, 0.1) is 12.9 Å². The fraction of sp³-hybridized carbons (Fsp3) is 0.583. The van der Waals surface area contributed by atoms with Crippen molar-refractivity contribution in [1.82, 2.24) is 10.6 Å². The summed E-state index contributed by atoms with van der Waals surface area (Å²) in [6.45, 7) is 4.97. The number of ether oxygens (including phenoxy) is 1. The second-order valence-electron chi connectivity index (χ2n) is 3.45. The summed E-state index contributed by atoms with van der Waals surface area (Å²) < 4.78 is 10.5. The SMILES string of the molecule is CCOCCNC(=NC)NCCc1ccco1. The maximum Gasteiger partial charge on any atom is 0.191 e. The van der Waals surface area contributed by atoms with Crippen molar-refractivity contribution >= 4 is 5.96 Å². The maximum absolute atomic E-state index is 5.24. The largest absolute Gasteiger partial charge is 0.469 e. The molecule has 2 N–H and O–H groups in total.